The van der Waals surface area contributed by atoms with Crippen molar-refractivity contribution in [2.75, 3.05) is 0 Å². The van der Waals surface area contributed by atoms with Crippen LogP contribution in [0.3, 0.4) is 0 Å². The molecule has 1 nitrogen and oxygen atoms in total. The van der Waals surface area contributed by atoms with Crippen LogP contribution in [0.5, 0.6) is 0 Å². The summed E-state index contributed by atoms with van der Waals surface area (Å²) in [4.78, 5) is 0. The van der Waals surface area contributed by atoms with Gasteiger partial charge in [-0.25, -0.2) is 0 Å². The van der Waals surface area contributed by atoms with Crippen molar-refractivity contribution in [3.8, 4) is 0 Å². The fourth-order valence-electron chi connectivity index (χ4n) is 0.393. The molecule has 1 aromatic rings. The van der Waals surface area contributed by atoms with Crippen LogP contribution in [0.1, 0.15) is 5.56 Å². The van der Waals surface area contributed by atoms with Gasteiger partial charge in [0, 0.05) is 0 Å². The van der Waals surface area contributed by atoms with Crippen molar-refractivity contribution in [1.82, 2.24) is 0 Å². The van der Waals surface area contributed by atoms with Crippen LogP contribution in [0, 0.1) is 0 Å². The molecule has 0 amide bonds. The second kappa shape index (κ2) is 2.40. The molecule has 7 heavy (non-hydrogen) atoms. The summed E-state index contributed by atoms with van der Waals surface area (Å²) >= 11 is 1.54. The van der Waals surface area contributed by atoms with Crippen molar-refractivity contribution in [1.29, 1.82) is 0 Å². The molecule has 1 heterocycles. The Hall–Kier alpha value is 0.0787. The Morgan fingerprint density at radius 1 is 1.71 bits per heavy atom. The van der Waals surface area contributed by atoms with E-state index in [1.807, 2.05) is 6.07 Å². The molecule has 1 aromatic heterocycles. The van der Waals surface area contributed by atoms with Crippen molar-refractivity contribution in [2.24, 2.45) is 0 Å². The Balaban J connectivity index is 2.76. The Bertz CT molecular complexity index is 123. The number of hydrogen-bond donors (Lipinski definition) is 0. The molecule has 0 aliphatic rings. The van der Waals surface area contributed by atoms with Gasteiger partial charge in [-0.05, 0) is 0 Å². The molecule has 0 spiro atoms. The van der Waals surface area contributed by atoms with E-state index in [2.05, 4.69) is 0 Å². The van der Waals surface area contributed by atoms with Gasteiger partial charge < -0.3 is 0 Å². The van der Waals surface area contributed by atoms with Crippen LogP contribution < -0.4 is 0 Å². The standard InChI is InChI=1S/C5H5O.Sn/c1-5-2-3-6-4-5;/h2-4H,1H2;. The third-order valence-electron chi connectivity index (χ3n) is 0.784. The van der Waals surface area contributed by atoms with E-state index < -0.39 is 0 Å². The van der Waals surface area contributed by atoms with Crippen molar-refractivity contribution >= 4 is 22.5 Å². The minimum absolute atomic E-state index is 1.16. The topological polar surface area (TPSA) is 13.1 Å². The van der Waals surface area contributed by atoms with Crippen LogP contribution in [-0.2, 0) is 4.44 Å². The number of furan rings is 1. The summed E-state index contributed by atoms with van der Waals surface area (Å²) in [5, 5.41) is 0. The fourth-order valence-corrected chi connectivity index (χ4v) is 0.967. The van der Waals surface area contributed by atoms with Crippen molar-refractivity contribution < 1.29 is 4.42 Å². The molecule has 0 aliphatic carbocycles. The van der Waals surface area contributed by atoms with Crippen LogP contribution in [0.2, 0.25) is 0 Å². The van der Waals surface area contributed by atoms with E-state index in [1.165, 1.54) is 28.1 Å². The molecule has 0 aromatic carbocycles. The molecule has 1 rings (SSSR count). The van der Waals surface area contributed by atoms with Crippen LogP contribution in [-0.4, -0.2) is 22.5 Å². The Morgan fingerprint density at radius 3 is 2.86 bits per heavy atom. The third-order valence-corrected chi connectivity index (χ3v) is 1.95. The second-order valence-corrected chi connectivity index (χ2v) is 2.32. The summed E-state index contributed by atoms with van der Waals surface area (Å²) < 4.78 is 5.98. The molecule has 0 N–H and O–H groups in total. The van der Waals surface area contributed by atoms with Gasteiger partial charge >= 0.3 is 55.5 Å². The normalized spacial score (nSPS) is 9.29. The van der Waals surface area contributed by atoms with Crippen molar-refractivity contribution in [3.05, 3.63) is 24.2 Å². The van der Waals surface area contributed by atoms with E-state index in [0.717, 1.165) is 4.44 Å². The van der Waals surface area contributed by atoms with E-state index in [-0.39, 0.29) is 0 Å². The van der Waals surface area contributed by atoms with Crippen LogP contribution in [0.15, 0.2) is 23.0 Å². The minimum atomic E-state index is 1.16. The van der Waals surface area contributed by atoms with Crippen LogP contribution in [0.4, 0.5) is 0 Å². The van der Waals surface area contributed by atoms with Gasteiger partial charge in [0.25, 0.3) is 0 Å². The second-order valence-electron chi connectivity index (χ2n) is 1.31. The molecular formula is C5H5OSn. The van der Waals surface area contributed by atoms with Gasteiger partial charge in [-0.1, -0.05) is 0 Å². The van der Waals surface area contributed by atoms with E-state index in [9.17, 15) is 0 Å². The van der Waals surface area contributed by atoms with Gasteiger partial charge in [0.2, 0.25) is 0 Å². The molecule has 0 fully saturated rings. The summed E-state index contributed by atoms with van der Waals surface area (Å²) in [6.45, 7) is 0. The molecule has 2 heteroatoms. The molecule has 35 valence electrons. The first kappa shape index (κ1) is 5.22. The van der Waals surface area contributed by atoms with Gasteiger partial charge in [-0.2, -0.15) is 0 Å². The summed E-state index contributed by atoms with van der Waals surface area (Å²) in [6.07, 6.45) is 3.49. The Morgan fingerprint density at radius 2 is 2.57 bits per heavy atom. The zero-order valence-electron chi connectivity index (χ0n) is 3.85. The van der Waals surface area contributed by atoms with Gasteiger partial charge in [0.15, 0.2) is 0 Å². The zero-order chi connectivity index (χ0) is 5.11. The first-order valence-corrected chi connectivity index (χ1v) is 4.11. The Kier molecular flexibility index (Phi) is 1.79. The van der Waals surface area contributed by atoms with E-state index in [4.69, 9.17) is 4.42 Å². The summed E-state index contributed by atoms with van der Waals surface area (Å²) in [7, 11) is 0. The predicted molar refractivity (Wildman–Crippen MR) is 28.2 cm³/mol. The molecular weight excluding hydrogens is 195 g/mol. The van der Waals surface area contributed by atoms with Crippen LogP contribution >= 0.6 is 0 Å². The summed E-state index contributed by atoms with van der Waals surface area (Å²) in [5.74, 6) is 0. The quantitative estimate of drug-likeness (QED) is 0.614. The van der Waals surface area contributed by atoms with E-state index >= 15 is 0 Å². The van der Waals surface area contributed by atoms with Crippen molar-refractivity contribution in [3.63, 3.8) is 0 Å². The zero-order valence-corrected chi connectivity index (χ0v) is 6.70. The van der Waals surface area contributed by atoms with Gasteiger partial charge in [0.1, 0.15) is 0 Å². The molecule has 0 unspecified atom stereocenters. The van der Waals surface area contributed by atoms with Gasteiger partial charge in [-0.3, -0.25) is 0 Å². The van der Waals surface area contributed by atoms with E-state index in [0.29, 0.717) is 0 Å². The molecule has 3 radical (unpaired) electrons. The average Bonchev–Trinajstić information content (AvgIpc) is 2.14. The Labute approximate surface area is 55.8 Å². The average molecular weight is 200 g/mol. The molecule has 0 saturated carbocycles. The monoisotopic (exact) mass is 201 g/mol. The maximum atomic E-state index is 4.82. The van der Waals surface area contributed by atoms with Gasteiger partial charge in [-0.15, -0.1) is 0 Å². The molecule has 0 atom stereocenters. The molecule has 0 bridgehead atoms. The molecule has 0 saturated heterocycles. The number of rotatable bonds is 1. The maximum absolute atomic E-state index is 4.82. The SMILES string of the molecule is [Sn][CH2]c1ccoc1. The fraction of sp³-hybridized carbons (Fsp3) is 0.200. The van der Waals surface area contributed by atoms with Crippen molar-refractivity contribution in [2.45, 2.75) is 4.44 Å². The number of hydrogen-bond acceptors (Lipinski definition) is 1. The first-order valence-electron chi connectivity index (χ1n) is 2.09. The summed E-state index contributed by atoms with van der Waals surface area (Å²) in [5.41, 5.74) is 1.30. The predicted octanol–water partition coefficient (Wildman–Crippen LogP) is 0.948. The van der Waals surface area contributed by atoms with E-state index in [1.54, 1.807) is 12.5 Å². The van der Waals surface area contributed by atoms with Gasteiger partial charge in [0.05, 0.1) is 0 Å². The van der Waals surface area contributed by atoms with Crippen LogP contribution in [0.25, 0.3) is 0 Å². The first-order chi connectivity index (χ1) is 3.43. The molecule has 0 aliphatic heterocycles. The third kappa shape index (κ3) is 1.23. The summed E-state index contributed by atoms with van der Waals surface area (Å²) in [6, 6.07) is 1.99.